The van der Waals surface area contributed by atoms with Gasteiger partial charge in [-0.1, -0.05) is 48.5 Å². The first-order valence-electron chi connectivity index (χ1n) is 9.78. The number of aryl methyl sites for hydroxylation is 1. The molecule has 0 aliphatic heterocycles. The number of carboxylic acids is 1. The SMILES string of the molecule is Cc1c(-c2ccccc2)c(=O)n(-c2ccccc2)c2cnc(C(=O)NCC(=O)O)c(O)c12. The van der Waals surface area contributed by atoms with E-state index in [-0.39, 0.29) is 16.6 Å². The van der Waals surface area contributed by atoms with Gasteiger partial charge in [0, 0.05) is 11.1 Å². The van der Waals surface area contributed by atoms with Gasteiger partial charge in [-0.15, -0.1) is 0 Å². The number of aromatic nitrogens is 2. The number of amides is 1. The van der Waals surface area contributed by atoms with E-state index in [1.165, 1.54) is 10.8 Å². The van der Waals surface area contributed by atoms with Crippen molar-refractivity contribution in [3.05, 3.63) is 88.5 Å². The number of carbonyl (C=O) groups is 2. The molecule has 0 spiro atoms. The summed E-state index contributed by atoms with van der Waals surface area (Å²) in [5.41, 5.74) is 1.80. The number of hydrogen-bond donors (Lipinski definition) is 3. The largest absolute Gasteiger partial charge is 0.505 e. The average Bonchev–Trinajstić information content (AvgIpc) is 2.79. The van der Waals surface area contributed by atoms with Gasteiger partial charge in [-0.2, -0.15) is 0 Å². The second kappa shape index (κ2) is 8.35. The van der Waals surface area contributed by atoms with Crippen LogP contribution in [0.5, 0.6) is 5.75 Å². The highest BCUT2D eigenvalue weighted by Crippen LogP contribution is 2.34. The smallest absolute Gasteiger partial charge is 0.322 e. The van der Waals surface area contributed by atoms with Gasteiger partial charge in [-0.05, 0) is 30.2 Å². The van der Waals surface area contributed by atoms with Gasteiger partial charge < -0.3 is 15.5 Å². The van der Waals surface area contributed by atoms with Crippen LogP contribution in [0.15, 0.2) is 71.7 Å². The molecule has 0 fully saturated rings. The molecule has 4 rings (SSSR count). The quantitative estimate of drug-likeness (QED) is 0.449. The fourth-order valence-corrected chi connectivity index (χ4v) is 3.72. The lowest BCUT2D eigenvalue weighted by Crippen LogP contribution is -2.30. The summed E-state index contributed by atoms with van der Waals surface area (Å²) in [6.07, 6.45) is 1.33. The number of nitrogens with one attached hydrogen (secondary N) is 1. The summed E-state index contributed by atoms with van der Waals surface area (Å²) in [5.74, 6) is -2.48. The number of carbonyl (C=O) groups excluding carboxylic acids is 1. The van der Waals surface area contributed by atoms with Gasteiger partial charge >= 0.3 is 5.97 Å². The van der Waals surface area contributed by atoms with Crippen molar-refractivity contribution in [2.75, 3.05) is 6.54 Å². The number of carboxylic acid groups (broad SMARTS) is 1. The first-order valence-corrected chi connectivity index (χ1v) is 9.78. The number of nitrogens with zero attached hydrogens (tertiary/aromatic N) is 2. The zero-order valence-electron chi connectivity index (χ0n) is 17.1. The molecule has 2 heterocycles. The maximum Gasteiger partial charge on any atom is 0.322 e. The van der Waals surface area contributed by atoms with E-state index < -0.39 is 24.2 Å². The summed E-state index contributed by atoms with van der Waals surface area (Å²) in [7, 11) is 0. The second-order valence-corrected chi connectivity index (χ2v) is 7.13. The Morgan fingerprint density at radius 2 is 1.66 bits per heavy atom. The number of aliphatic carboxylic acids is 1. The van der Waals surface area contributed by atoms with E-state index in [4.69, 9.17) is 5.11 Å². The summed E-state index contributed by atoms with van der Waals surface area (Å²) in [4.78, 5) is 40.9. The third-order valence-corrected chi connectivity index (χ3v) is 5.13. The number of para-hydroxylation sites is 1. The number of hydrogen-bond acceptors (Lipinski definition) is 5. The van der Waals surface area contributed by atoms with Crippen LogP contribution < -0.4 is 10.9 Å². The van der Waals surface area contributed by atoms with Crippen molar-refractivity contribution in [2.45, 2.75) is 6.92 Å². The maximum atomic E-state index is 13.6. The molecule has 160 valence electrons. The van der Waals surface area contributed by atoms with Crippen LogP contribution in [-0.2, 0) is 4.79 Å². The molecule has 0 radical (unpaired) electrons. The topological polar surface area (TPSA) is 122 Å². The molecule has 0 atom stereocenters. The number of rotatable bonds is 5. The van der Waals surface area contributed by atoms with Crippen LogP contribution in [0.2, 0.25) is 0 Å². The Labute approximate surface area is 182 Å². The van der Waals surface area contributed by atoms with Crippen molar-refractivity contribution < 1.29 is 19.8 Å². The normalized spacial score (nSPS) is 10.8. The Morgan fingerprint density at radius 1 is 1.03 bits per heavy atom. The summed E-state index contributed by atoms with van der Waals surface area (Å²) in [5, 5.41) is 22.3. The molecule has 1 amide bonds. The Balaban J connectivity index is 2.07. The van der Waals surface area contributed by atoms with Gasteiger partial charge in [0.05, 0.1) is 17.3 Å². The minimum absolute atomic E-state index is 0.280. The van der Waals surface area contributed by atoms with Crippen molar-refractivity contribution in [2.24, 2.45) is 0 Å². The van der Waals surface area contributed by atoms with E-state index in [2.05, 4.69) is 10.3 Å². The third kappa shape index (κ3) is 3.58. The molecule has 0 bridgehead atoms. The Kier molecular flexibility index (Phi) is 5.43. The van der Waals surface area contributed by atoms with Crippen LogP contribution in [0.1, 0.15) is 16.1 Å². The van der Waals surface area contributed by atoms with Gasteiger partial charge in [0.2, 0.25) is 0 Å². The van der Waals surface area contributed by atoms with Gasteiger partial charge in [-0.3, -0.25) is 19.0 Å². The lowest BCUT2D eigenvalue weighted by atomic mass is 9.97. The van der Waals surface area contributed by atoms with Gasteiger partial charge in [0.15, 0.2) is 11.4 Å². The Morgan fingerprint density at radius 3 is 2.28 bits per heavy atom. The zero-order valence-corrected chi connectivity index (χ0v) is 17.1. The van der Waals surface area contributed by atoms with Gasteiger partial charge in [0.25, 0.3) is 11.5 Å². The maximum absolute atomic E-state index is 13.6. The first kappa shape index (κ1) is 20.8. The standard InChI is InChI=1S/C24H19N3O5/c1-14-19(15-8-4-2-5-9-15)24(32)27(16-10-6-3-7-11-16)17-12-25-21(22(30)20(14)17)23(31)26-13-18(28)29/h2-12,30H,13H2,1H3,(H,26,31)(H,28,29). The van der Waals surface area contributed by atoms with Crippen LogP contribution in [0.4, 0.5) is 0 Å². The van der Waals surface area contributed by atoms with Crippen molar-refractivity contribution in [1.82, 2.24) is 14.9 Å². The average molecular weight is 429 g/mol. The van der Waals surface area contributed by atoms with E-state index in [0.717, 1.165) is 0 Å². The molecule has 32 heavy (non-hydrogen) atoms. The van der Waals surface area contributed by atoms with Gasteiger partial charge in [0.1, 0.15) is 6.54 Å². The van der Waals surface area contributed by atoms with Gasteiger partial charge in [-0.25, -0.2) is 4.98 Å². The fourth-order valence-electron chi connectivity index (χ4n) is 3.72. The van der Waals surface area contributed by atoms with Crippen molar-refractivity contribution in [3.8, 4) is 22.6 Å². The molecule has 0 saturated carbocycles. The lowest BCUT2D eigenvalue weighted by Gasteiger charge is -2.18. The van der Waals surface area contributed by atoms with Crippen LogP contribution >= 0.6 is 0 Å². The van der Waals surface area contributed by atoms with Crippen molar-refractivity contribution >= 4 is 22.8 Å². The van der Waals surface area contributed by atoms with E-state index in [1.807, 2.05) is 24.3 Å². The molecular formula is C24H19N3O5. The minimum Gasteiger partial charge on any atom is -0.505 e. The predicted octanol–water partition coefficient (Wildman–Crippen LogP) is 2.88. The van der Waals surface area contributed by atoms with Crippen LogP contribution in [-0.4, -0.2) is 38.2 Å². The van der Waals surface area contributed by atoms with E-state index in [0.29, 0.717) is 27.9 Å². The molecule has 0 aliphatic carbocycles. The van der Waals surface area contributed by atoms with Crippen LogP contribution in [0.3, 0.4) is 0 Å². The van der Waals surface area contributed by atoms with E-state index in [9.17, 15) is 19.5 Å². The summed E-state index contributed by atoms with van der Waals surface area (Å²) in [6.45, 7) is 1.08. The summed E-state index contributed by atoms with van der Waals surface area (Å²) >= 11 is 0. The molecule has 0 aliphatic rings. The molecule has 2 aromatic carbocycles. The van der Waals surface area contributed by atoms with Crippen LogP contribution in [0.25, 0.3) is 27.7 Å². The fraction of sp³-hybridized carbons (Fsp3) is 0.0833. The Hall–Kier alpha value is -4.46. The van der Waals surface area contributed by atoms with E-state index >= 15 is 0 Å². The van der Waals surface area contributed by atoms with Crippen molar-refractivity contribution in [1.29, 1.82) is 0 Å². The number of aromatic hydroxyl groups is 1. The van der Waals surface area contributed by atoms with Crippen LogP contribution in [0, 0.1) is 6.92 Å². The summed E-state index contributed by atoms with van der Waals surface area (Å²) in [6, 6.07) is 18.0. The lowest BCUT2D eigenvalue weighted by molar-refractivity contribution is -0.135. The Bertz CT molecular complexity index is 1400. The highest BCUT2D eigenvalue weighted by Gasteiger charge is 2.23. The van der Waals surface area contributed by atoms with E-state index in [1.54, 1.807) is 43.3 Å². The van der Waals surface area contributed by atoms with Crippen molar-refractivity contribution in [3.63, 3.8) is 0 Å². The molecular weight excluding hydrogens is 410 g/mol. The first-order chi connectivity index (χ1) is 15.4. The monoisotopic (exact) mass is 429 g/mol. The summed E-state index contributed by atoms with van der Waals surface area (Å²) < 4.78 is 1.44. The number of pyridine rings is 2. The minimum atomic E-state index is -1.22. The highest BCUT2D eigenvalue weighted by atomic mass is 16.4. The number of benzene rings is 2. The number of fused-ring (bicyclic) bond motifs is 1. The molecule has 4 aromatic rings. The third-order valence-electron chi connectivity index (χ3n) is 5.13. The molecule has 2 aromatic heterocycles. The highest BCUT2D eigenvalue weighted by molar-refractivity contribution is 6.04. The second-order valence-electron chi connectivity index (χ2n) is 7.13. The predicted molar refractivity (Wildman–Crippen MR) is 119 cm³/mol. The molecule has 0 unspecified atom stereocenters. The molecule has 8 heteroatoms. The molecule has 0 saturated heterocycles. The molecule has 8 nitrogen and oxygen atoms in total. The molecule has 3 N–H and O–H groups in total. The zero-order chi connectivity index (χ0) is 22.8.